The molecule has 0 saturated carbocycles. The van der Waals surface area contributed by atoms with Crippen molar-refractivity contribution < 1.29 is 2.79 Å². The molecule has 124 valence electrons. The van der Waals surface area contributed by atoms with Crippen molar-refractivity contribution in [3.8, 4) is 0 Å². The van der Waals surface area contributed by atoms with Crippen LogP contribution in [0.25, 0.3) is 0 Å². The molecule has 0 unspecified atom stereocenters. The first-order valence-corrected chi connectivity index (χ1v) is 17.6. The molecule has 1 nitrogen and oxygen atoms in total. The third-order valence-corrected chi connectivity index (χ3v) is 35.8. The van der Waals surface area contributed by atoms with E-state index in [9.17, 15) is 0 Å². The van der Waals surface area contributed by atoms with E-state index < -0.39 is 27.2 Å². The Kier molecular flexibility index (Phi) is 5.32. The second kappa shape index (κ2) is 6.29. The summed E-state index contributed by atoms with van der Waals surface area (Å²) in [6.45, 7) is 21.7. The van der Waals surface area contributed by atoms with E-state index in [0.717, 1.165) is 0 Å². The van der Waals surface area contributed by atoms with Gasteiger partial charge in [0, 0.05) is 0 Å². The summed E-state index contributed by atoms with van der Waals surface area (Å²) < 4.78 is 13.7. The van der Waals surface area contributed by atoms with Crippen molar-refractivity contribution in [1.82, 2.24) is 0 Å². The van der Waals surface area contributed by atoms with E-state index in [4.69, 9.17) is 2.79 Å². The SMILES string of the molecule is Cc1ccc[c]2[c]1[Ge]([CH](C)C)([CH](C)C)[O][Ge]2([CH](C)C)[CH](C)C. The molecule has 0 saturated heterocycles. The molecule has 0 radical (unpaired) electrons. The van der Waals surface area contributed by atoms with Crippen LogP contribution in [0.4, 0.5) is 0 Å². The fourth-order valence-electron chi connectivity index (χ4n) is 4.90. The maximum absolute atomic E-state index is 7.51. The van der Waals surface area contributed by atoms with Gasteiger partial charge in [0.2, 0.25) is 0 Å². The summed E-state index contributed by atoms with van der Waals surface area (Å²) in [5.41, 5.74) is 1.51. The average Bonchev–Trinajstić information content (AvgIpc) is 2.73. The van der Waals surface area contributed by atoms with Crippen LogP contribution in [0.5, 0.6) is 0 Å². The molecule has 0 amide bonds. The first-order valence-electron chi connectivity index (χ1n) is 8.93. The van der Waals surface area contributed by atoms with Gasteiger partial charge in [-0.3, -0.25) is 0 Å². The number of benzene rings is 1. The molecule has 0 bridgehead atoms. The third kappa shape index (κ3) is 2.38. The van der Waals surface area contributed by atoms with Crippen LogP contribution in [0.15, 0.2) is 18.2 Å². The van der Waals surface area contributed by atoms with Gasteiger partial charge >= 0.3 is 144 Å². The molecule has 1 aromatic rings. The van der Waals surface area contributed by atoms with Gasteiger partial charge in [0.05, 0.1) is 0 Å². The zero-order valence-electron chi connectivity index (χ0n) is 15.9. The van der Waals surface area contributed by atoms with E-state index in [1.54, 1.807) is 8.79 Å². The van der Waals surface area contributed by atoms with Crippen molar-refractivity contribution >= 4 is 36.0 Å². The van der Waals surface area contributed by atoms with Crippen molar-refractivity contribution in [3.63, 3.8) is 0 Å². The Balaban J connectivity index is 2.87. The van der Waals surface area contributed by atoms with Crippen LogP contribution in [-0.2, 0) is 2.79 Å². The summed E-state index contributed by atoms with van der Waals surface area (Å²) in [5, 5.41) is 0. The minimum absolute atomic E-state index is 0.685. The van der Waals surface area contributed by atoms with Crippen molar-refractivity contribution in [1.29, 1.82) is 0 Å². The van der Waals surface area contributed by atoms with Crippen LogP contribution >= 0.6 is 0 Å². The Morgan fingerprint density at radius 3 is 1.59 bits per heavy atom. The predicted octanol–water partition coefficient (Wildman–Crippen LogP) is 4.97. The zero-order chi connectivity index (χ0) is 16.9. The Bertz CT molecular complexity index is 530. The van der Waals surface area contributed by atoms with Crippen molar-refractivity contribution in [3.05, 3.63) is 23.8 Å². The number of hydrogen-bond acceptors (Lipinski definition) is 1. The quantitative estimate of drug-likeness (QED) is 0.621. The topological polar surface area (TPSA) is 9.23 Å². The normalized spacial score (nSPS) is 19.5. The van der Waals surface area contributed by atoms with E-state index in [0.29, 0.717) is 19.0 Å². The van der Waals surface area contributed by atoms with Crippen molar-refractivity contribution in [2.24, 2.45) is 0 Å². The van der Waals surface area contributed by atoms with Gasteiger partial charge in [-0.2, -0.15) is 0 Å². The number of aryl methyl sites for hydroxylation is 1. The van der Waals surface area contributed by atoms with Gasteiger partial charge in [-0.25, -0.2) is 0 Å². The summed E-state index contributed by atoms with van der Waals surface area (Å²) >= 11 is -5.12. The van der Waals surface area contributed by atoms with Gasteiger partial charge in [-0.1, -0.05) is 0 Å². The Morgan fingerprint density at radius 1 is 0.727 bits per heavy atom. The number of rotatable bonds is 4. The molecule has 0 spiro atoms. The first-order chi connectivity index (χ1) is 10.1. The van der Waals surface area contributed by atoms with E-state index in [1.165, 1.54) is 5.56 Å². The molecule has 1 aliphatic rings. The molecule has 2 rings (SSSR count). The van der Waals surface area contributed by atoms with Crippen LogP contribution in [0, 0.1) is 6.92 Å². The van der Waals surface area contributed by atoms with Gasteiger partial charge in [0.25, 0.3) is 0 Å². The van der Waals surface area contributed by atoms with Gasteiger partial charge in [-0.15, -0.1) is 0 Å². The molecule has 0 N–H and O–H groups in total. The monoisotopic (exact) mass is 426 g/mol. The van der Waals surface area contributed by atoms with Gasteiger partial charge in [0.1, 0.15) is 0 Å². The molecule has 0 fully saturated rings. The van der Waals surface area contributed by atoms with Crippen molar-refractivity contribution in [2.45, 2.75) is 81.3 Å². The first kappa shape index (κ1) is 18.6. The summed E-state index contributed by atoms with van der Waals surface area (Å²) in [5.74, 6) is 0. The molecule has 0 atom stereocenters. The summed E-state index contributed by atoms with van der Waals surface area (Å²) in [6, 6.07) is 7.05. The molecule has 0 aromatic heterocycles. The molecule has 22 heavy (non-hydrogen) atoms. The Labute approximate surface area is 143 Å². The standard InChI is InChI=1S/C19H34Ge2O/c1-13(2)20(14(3)4)18-12-10-11-17(9)19(18)21(22-20,15(5)6)16(7)8/h10-16H,1-9H3. The van der Waals surface area contributed by atoms with Crippen molar-refractivity contribution in [2.75, 3.05) is 0 Å². The van der Waals surface area contributed by atoms with Gasteiger partial charge < -0.3 is 0 Å². The fourth-order valence-corrected chi connectivity index (χ4v) is 46.6. The maximum atomic E-state index is 7.51. The Morgan fingerprint density at radius 2 is 1.18 bits per heavy atom. The Hall–Kier alpha value is 0.266. The molecule has 3 heteroatoms. The predicted molar refractivity (Wildman–Crippen MR) is 103 cm³/mol. The summed E-state index contributed by atoms with van der Waals surface area (Å²) in [7, 11) is 0. The van der Waals surface area contributed by atoms with Crippen LogP contribution in [-0.4, -0.2) is 27.2 Å². The summed E-state index contributed by atoms with van der Waals surface area (Å²) in [6.07, 6.45) is 0. The molecule has 1 aromatic carbocycles. The molecular formula is C19H34Ge2O. The number of fused-ring (bicyclic) bond motifs is 1. The van der Waals surface area contributed by atoms with E-state index in [-0.39, 0.29) is 0 Å². The van der Waals surface area contributed by atoms with Crippen LogP contribution in [0.1, 0.15) is 61.0 Å². The number of hydrogen-bond donors (Lipinski definition) is 0. The fraction of sp³-hybridized carbons (Fsp3) is 0.684. The molecular weight excluding hydrogens is 389 g/mol. The van der Waals surface area contributed by atoms with Crippen LogP contribution in [0.2, 0.25) is 19.0 Å². The third-order valence-electron chi connectivity index (χ3n) is 5.85. The van der Waals surface area contributed by atoms with E-state index >= 15 is 0 Å². The average molecular weight is 424 g/mol. The second-order valence-electron chi connectivity index (χ2n) is 8.30. The summed E-state index contributed by atoms with van der Waals surface area (Å²) in [4.78, 5) is 0. The van der Waals surface area contributed by atoms with Gasteiger partial charge in [0.15, 0.2) is 0 Å². The molecule has 1 heterocycles. The zero-order valence-corrected chi connectivity index (χ0v) is 20.1. The molecule has 0 aliphatic carbocycles. The van der Waals surface area contributed by atoms with E-state index in [2.05, 4.69) is 80.5 Å². The van der Waals surface area contributed by atoms with Crippen LogP contribution in [0.3, 0.4) is 0 Å². The second-order valence-corrected chi connectivity index (χ2v) is 29.5. The van der Waals surface area contributed by atoms with E-state index in [1.807, 2.05) is 0 Å². The molecule has 1 aliphatic heterocycles. The van der Waals surface area contributed by atoms with Crippen LogP contribution < -0.4 is 8.79 Å². The minimum atomic E-state index is -2.57. The van der Waals surface area contributed by atoms with Gasteiger partial charge in [-0.05, 0) is 0 Å².